The van der Waals surface area contributed by atoms with Gasteiger partial charge < -0.3 is 14.4 Å². The normalized spacial score (nSPS) is 15.1. The van der Waals surface area contributed by atoms with Crippen LogP contribution < -0.4 is 14.4 Å². The number of aromatic nitrogens is 2. The second-order valence-corrected chi connectivity index (χ2v) is 6.93. The molecule has 0 saturated carbocycles. The molecule has 1 aliphatic heterocycles. The number of hydrogen-bond acceptors (Lipinski definition) is 5. The summed E-state index contributed by atoms with van der Waals surface area (Å²) in [6.45, 7) is 1.45. The van der Waals surface area contributed by atoms with Crippen LogP contribution in [0, 0.1) is 11.6 Å². The number of halogens is 2. The summed E-state index contributed by atoms with van der Waals surface area (Å²) in [4.78, 5) is 2.16. The summed E-state index contributed by atoms with van der Waals surface area (Å²) < 4.78 is 37.9. The molecule has 2 aromatic carbocycles. The van der Waals surface area contributed by atoms with Crippen LogP contribution in [-0.2, 0) is 0 Å². The van der Waals surface area contributed by atoms with Crippen molar-refractivity contribution in [3.63, 3.8) is 0 Å². The highest BCUT2D eigenvalue weighted by Crippen LogP contribution is 2.37. The van der Waals surface area contributed by atoms with Crippen LogP contribution in [0.2, 0.25) is 0 Å². The molecule has 1 aliphatic rings. The standard InChI is InChI=1S/C21H21F2N3O2/c1-27-19-9-15-12-24-25-21(18(15)11-20(19)28-2)26-5-3-13(4-6-26)14-7-16(22)10-17(23)8-14/h7-13H,3-6H2,1-2H3. The minimum atomic E-state index is -0.529. The summed E-state index contributed by atoms with van der Waals surface area (Å²) in [5, 5.41) is 10.3. The predicted molar refractivity (Wildman–Crippen MR) is 103 cm³/mol. The third kappa shape index (κ3) is 3.44. The van der Waals surface area contributed by atoms with Crippen molar-refractivity contribution in [2.24, 2.45) is 0 Å². The highest BCUT2D eigenvalue weighted by Gasteiger charge is 2.24. The van der Waals surface area contributed by atoms with Gasteiger partial charge >= 0.3 is 0 Å². The van der Waals surface area contributed by atoms with Crippen molar-refractivity contribution in [2.75, 3.05) is 32.2 Å². The molecule has 7 heteroatoms. The number of benzene rings is 2. The zero-order valence-corrected chi connectivity index (χ0v) is 15.8. The van der Waals surface area contributed by atoms with Crippen LogP contribution >= 0.6 is 0 Å². The topological polar surface area (TPSA) is 47.5 Å². The third-order valence-corrected chi connectivity index (χ3v) is 5.30. The van der Waals surface area contributed by atoms with Gasteiger partial charge in [0.05, 0.1) is 20.4 Å². The molecule has 146 valence electrons. The lowest BCUT2D eigenvalue weighted by Gasteiger charge is -2.33. The third-order valence-electron chi connectivity index (χ3n) is 5.30. The van der Waals surface area contributed by atoms with E-state index in [2.05, 4.69) is 15.1 Å². The Bertz CT molecular complexity index is 984. The Morgan fingerprint density at radius 1 is 0.929 bits per heavy atom. The van der Waals surface area contributed by atoms with Crippen molar-refractivity contribution >= 4 is 16.6 Å². The van der Waals surface area contributed by atoms with Crippen LogP contribution in [0.4, 0.5) is 14.6 Å². The quantitative estimate of drug-likeness (QED) is 0.670. The number of fused-ring (bicyclic) bond motifs is 1. The van der Waals surface area contributed by atoms with Gasteiger partial charge in [-0.15, -0.1) is 5.10 Å². The second kappa shape index (κ2) is 7.58. The number of nitrogens with zero attached hydrogens (tertiary/aromatic N) is 3. The predicted octanol–water partition coefficient (Wildman–Crippen LogP) is 4.31. The Kier molecular flexibility index (Phi) is 4.98. The van der Waals surface area contributed by atoms with Crippen LogP contribution in [-0.4, -0.2) is 37.5 Å². The Balaban J connectivity index is 1.60. The number of hydrogen-bond donors (Lipinski definition) is 0. The van der Waals surface area contributed by atoms with Crippen molar-refractivity contribution in [1.29, 1.82) is 0 Å². The van der Waals surface area contributed by atoms with Crippen LogP contribution in [0.25, 0.3) is 10.8 Å². The van der Waals surface area contributed by atoms with Gasteiger partial charge in [-0.1, -0.05) is 0 Å². The van der Waals surface area contributed by atoms with Gasteiger partial charge in [-0.25, -0.2) is 8.78 Å². The van der Waals surface area contributed by atoms with Crippen molar-refractivity contribution in [3.8, 4) is 11.5 Å². The van der Waals surface area contributed by atoms with Gasteiger partial charge in [0.2, 0.25) is 0 Å². The molecule has 5 nitrogen and oxygen atoms in total. The van der Waals surface area contributed by atoms with Gasteiger partial charge in [-0.05, 0) is 48.6 Å². The Labute approximate surface area is 161 Å². The van der Waals surface area contributed by atoms with Gasteiger partial charge in [0.1, 0.15) is 11.6 Å². The van der Waals surface area contributed by atoms with Gasteiger partial charge in [0.25, 0.3) is 0 Å². The van der Waals surface area contributed by atoms with E-state index in [0.29, 0.717) is 17.1 Å². The largest absolute Gasteiger partial charge is 0.493 e. The van der Waals surface area contributed by atoms with Crippen molar-refractivity contribution < 1.29 is 18.3 Å². The van der Waals surface area contributed by atoms with E-state index < -0.39 is 11.6 Å². The van der Waals surface area contributed by atoms with Crippen LogP contribution in [0.3, 0.4) is 0 Å². The number of ether oxygens (including phenoxy) is 2. The molecule has 0 spiro atoms. The maximum atomic E-state index is 13.5. The zero-order chi connectivity index (χ0) is 19.7. The fourth-order valence-electron chi connectivity index (χ4n) is 3.86. The average molecular weight is 385 g/mol. The first-order valence-electron chi connectivity index (χ1n) is 9.17. The highest BCUT2D eigenvalue weighted by atomic mass is 19.1. The minimum Gasteiger partial charge on any atom is -0.493 e. The van der Waals surface area contributed by atoms with E-state index in [1.807, 2.05) is 12.1 Å². The maximum absolute atomic E-state index is 13.5. The molecule has 0 N–H and O–H groups in total. The molecular weight excluding hydrogens is 364 g/mol. The molecular formula is C21H21F2N3O2. The molecule has 3 aromatic rings. The monoisotopic (exact) mass is 385 g/mol. The van der Waals surface area contributed by atoms with Crippen molar-refractivity contribution in [1.82, 2.24) is 10.2 Å². The van der Waals surface area contributed by atoms with Crippen LogP contribution in [0.15, 0.2) is 36.5 Å². The SMILES string of the molecule is COc1cc2cnnc(N3CCC(c4cc(F)cc(F)c4)CC3)c2cc1OC. The summed E-state index contributed by atoms with van der Waals surface area (Å²) in [5.74, 6) is 1.12. The molecule has 0 amide bonds. The highest BCUT2D eigenvalue weighted by molar-refractivity contribution is 5.94. The van der Waals surface area contributed by atoms with Gasteiger partial charge in [0.15, 0.2) is 17.3 Å². The second-order valence-electron chi connectivity index (χ2n) is 6.93. The zero-order valence-electron chi connectivity index (χ0n) is 15.8. The first kappa shape index (κ1) is 18.4. The van der Waals surface area contributed by atoms with Crippen molar-refractivity contribution in [2.45, 2.75) is 18.8 Å². The minimum absolute atomic E-state index is 0.124. The first-order valence-corrected chi connectivity index (χ1v) is 9.17. The fraction of sp³-hybridized carbons (Fsp3) is 0.333. The summed E-state index contributed by atoms with van der Waals surface area (Å²) in [6.07, 6.45) is 3.27. The van der Waals surface area contributed by atoms with Crippen LogP contribution in [0.1, 0.15) is 24.3 Å². The lowest BCUT2D eigenvalue weighted by atomic mass is 9.89. The number of methoxy groups -OCH3 is 2. The molecule has 1 saturated heterocycles. The molecule has 0 unspecified atom stereocenters. The fourth-order valence-corrected chi connectivity index (χ4v) is 3.86. The summed E-state index contributed by atoms with van der Waals surface area (Å²) in [6, 6.07) is 7.56. The van der Waals surface area contributed by atoms with E-state index in [1.165, 1.54) is 12.1 Å². The number of rotatable bonds is 4. The molecule has 0 atom stereocenters. The molecule has 1 aromatic heterocycles. The number of anilines is 1. The summed E-state index contributed by atoms with van der Waals surface area (Å²) in [7, 11) is 3.20. The smallest absolute Gasteiger partial charge is 0.161 e. The molecule has 1 fully saturated rings. The van der Waals surface area contributed by atoms with E-state index in [9.17, 15) is 8.78 Å². The molecule has 0 bridgehead atoms. The van der Waals surface area contributed by atoms with E-state index in [4.69, 9.17) is 9.47 Å². The lowest BCUT2D eigenvalue weighted by Crippen LogP contribution is -2.33. The number of piperidine rings is 1. The maximum Gasteiger partial charge on any atom is 0.161 e. The Morgan fingerprint density at radius 2 is 1.57 bits per heavy atom. The molecule has 0 radical (unpaired) electrons. The van der Waals surface area contributed by atoms with Gasteiger partial charge in [-0.3, -0.25) is 0 Å². The molecule has 28 heavy (non-hydrogen) atoms. The Morgan fingerprint density at radius 3 is 2.21 bits per heavy atom. The van der Waals surface area contributed by atoms with Crippen molar-refractivity contribution in [3.05, 3.63) is 53.7 Å². The first-order chi connectivity index (χ1) is 13.6. The van der Waals surface area contributed by atoms with E-state index >= 15 is 0 Å². The summed E-state index contributed by atoms with van der Waals surface area (Å²) >= 11 is 0. The van der Waals surface area contributed by atoms with E-state index in [1.54, 1.807) is 20.4 Å². The van der Waals surface area contributed by atoms with E-state index in [-0.39, 0.29) is 5.92 Å². The average Bonchev–Trinajstić information content (AvgIpc) is 2.71. The van der Waals surface area contributed by atoms with Gasteiger partial charge in [0, 0.05) is 29.9 Å². The molecule has 0 aliphatic carbocycles. The lowest BCUT2D eigenvalue weighted by molar-refractivity contribution is 0.356. The van der Waals surface area contributed by atoms with Gasteiger partial charge in [-0.2, -0.15) is 5.10 Å². The summed E-state index contributed by atoms with van der Waals surface area (Å²) in [5.41, 5.74) is 0.715. The van der Waals surface area contributed by atoms with Crippen LogP contribution in [0.5, 0.6) is 11.5 Å². The molecule has 2 heterocycles. The van der Waals surface area contributed by atoms with E-state index in [0.717, 1.165) is 48.6 Å². The molecule has 4 rings (SSSR count). The Hall–Kier alpha value is -2.96.